The lowest BCUT2D eigenvalue weighted by Gasteiger charge is -2.03. The Morgan fingerprint density at radius 1 is 1.27 bits per heavy atom. The Balaban J connectivity index is 2.41. The summed E-state index contributed by atoms with van der Waals surface area (Å²) in [5.41, 5.74) is 8.31. The molecule has 0 amide bonds. The molecule has 0 aliphatic carbocycles. The van der Waals surface area contributed by atoms with Crippen LogP contribution in [0.25, 0.3) is 5.82 Å². The molecule has 0 radical (unpaired) electrons. The fraction of sp³-hybridized carbons (Fsp3) is 0.300. The number of rotatable bonds is 2. The van der Waals surface area contributed by atoms with Gasteiger partial charge >= 0.3 is 0 Å². The van der Waals surface area contributed by atoms with Gasteiger partial charge in [0, 0.05) is 12.2 Å². The first kappa shape index (κ1) is 9.79. The largest absolute Gasteiger partial charge is 0.325 e. The van der Waals surface area contributed by atoms with Crippen molar-refractivity contribution in [3.05, 3.63) is 35.5 Å². The molecule has 5 nitrogen and oxygen atoms in total. The van der Waals surface area contributed by atoms with Crippen LogP contribution in [0.4, 0.5) is 0 Å². The van der Waals surface area contributed by atoms with Crippen molar-refractivity contribution in [1.29, 1.82) is 0 Å². The summed E-state index contributed by atoms with van der Waals surface area (Å²) in [5.74, 6) is 0.769. The van der Waals surface area contributed by atoms with E-state index in [1.54, 1.807) is 6.33 Å². The Bertz CT molecular complexity index is 457. The van der Waals surface area contributed by atoms with E-state index in [9.17, 15) is 0 Å². The van der Waals surface area contributed by atoms with Crippen LogP contribution in [0.15, 0.2) is 18.5 Å². The molecule has 0 spiro atoms. The number of nitrogens with two attached hydrogens (primary N) is 1. The minimum absolute atomic E-state index is 0.412. The van der Waals surface area contributed by atoms with Gasteiger partial charge in [0.2, 0.25) is 0 Å². The number of hydrogen-bond acceptors (Lipinski definition) is 4. The van der Waals surface area contributed by atoms with E-state index < -0.39 is 0 Å². The van der Waals surface area contributed by atoms with E-state index in [2.05, 4.69) is 15.2 Å². The van der Waals surface area contributed by atoms with Gasteiger partial charge in [-0.05, 0) is 26.0 Å². The molecular weight excluding hydrogens is 190 g/mol. The summed E-state index contributed by atoms with van der Waals surface area (Å²) < 4.78 is 1.91. The molecule has 2 N–H and O–H groups in total. The second-order valence-corrected chi connectivity index (χ2v) is 3.37. The van der Waals surface area contributed by atoms with Gasteiger partial charge in [-0.3, -0.25) is 4.57 Å². The van der Waals surface area contributed by atoms with Crippen LogP contribution in [0.1, 0.15) is 17.1 Å². The van der Waals surface area contributed by atoms with E-state index in [-0.39, 0.29) is 0 Å². The topological polar surface area (TPSA) is 69.6 Å². The second kappa shape index (κ2) is 3.78. The SMILES string of the molecule is Cc1ncn(-c2ccc(CN)nn2)c1C. The van der Waals surface area contributed by atoms with Gasteiger partial charge in [-0.25, -0.2) is 4.98 Å². The molecule has 15 heavy (non-hydrogen) atoms. The fourth-order valence-corrected chi connectivity index (χ4v) is 1.32. The van der Waals surface area contributed by atoms with Gasteiger partial charge in [-0.2, -0.15) is 5.10 Å². The summed E-state index contributed by atoms with van der Waals surface area (Å²) in [6, 6.07) is 3.76. The van der Waals surface area contributed by atoms with Crippen molar-refractivity contribution in [2.45, 2.75) is 20.4 Å². The van der Waals surface area contributed by atoms with Gasteiger partial charge in [0.15, 0.2) is 5.82 Å². The highest BCUT2D eigenvalue weighted by molar-refractivity contribution is 5.26. The first-order valence-corrected chi connectivity index (χ1v) is 4.76. The molecule has 2 rings (SSSR count). The average molecular weight is 203 g/mol. The van der Waals surface area contributed by atoms with Crippen LogP contribution < -0.4 is 5.73 Å². The summed E-state index contributed by atoms with van der Waals surface area (Å²) >= 11 is 0. The van der Waals surface area contributed by atoms with E-state index in [0.29, 0.717) is 6.54 Å². The van der Waals surface area contributed by atoms with Crippen LogP contribution in [0.5, 0.6) is 0 Å². The van der Waals surface area contributed by atoms with Gasteiger partial charge < -0.3 is 5.73 Å². The monoisotopic (exact) mass is 203 g/mol. The van der Waals surface area contributed by atoms with Crippen molar-refractivity contribution in [2.24, 2.45) is 5.73 Å². The van der Waals surface area contributed by atoms with E-state index in [0.717, 1.165) is 22.9 Å². The Kier molecular flexibility index (Phi) is 2.47. The van der Waals surface area contributed by atoms with Gasteiger partial charge in [0.1, 0.15) is 6.33 Å². The maximum Gasteiger partial charge on any atom is 0.160 e. The summed E-state index contributed by atoms with van der Waals surface area (Å²) in [5, 5.41) is 8.09. The number of aryl methyl sites for hydroxylation is 1. The lowest BCUT2D eigenvalue weighted by molar-refractivity contribution is 0.841. The number of hydrogen-bond donors (Lipinski definition) is 1. The maximum absolute atomic E-state index is 5.45. The molecule has 0 atom stereocenters. The normalized spacial score (nSPS) is 10.6. The van der Waals surface area contributed by atoms with Crippen LogP contribution in [-0.2, 0) is 6.54 Å². The summed E-state index contributed by atoms with van der Waals surface area (Å²) in [7, 11) is 0. The molecule has 0 bridgehead atoms. The summed E-state index contributed by atoms with van der Waals surface area (Å²) in [6.07, 6.45) is 1.75. The van der Waals surface area contributed by atoms with Gasteiger partial charge in [0.25, 0.3) is 0 Å². The van der Waals surface area contributed by atoms with Crippen LogP contribution in [0.2, 0.25) is 0 Å². The summed E-state index contributed by atoms with van der Waals surface area (Å²) in [6.45, 7) is 4.38. The molecule has 0 aliphatic heterocycles. The van der Waals surface area contributed by atoms with Crippen molar-refractivity contribution >= 4 is 0 Å². The molecule has 0 saturated heterocycles. The number of imidazole rings is 1. The van der Waals surface area contributed by atoms with Gasteiger partial charge in [-0.1, -0.05) is 0 Å². The zero-order chi connectivity index (χ0) is 10.8. The lowest BCUT2D eigenvalue weighted by atomic mass is 10.3. The predicted octanol–water partition coefficient (Wildman–Crippen LogP) is 0.738. The molecule has 0 unspecified atom stereocenters. The zero-order valence-electron chi connectivity index (χ0n) is 8.81. The van der Waals surface area contributed by atoms with Crippen LogP contribution in [-0.4, -0.2) is 19.7 Å². The molecule has 2 aromatic heterocycles. The third-order valence-corrected chi connectivity index (χ3v) is 2.41. The minimum Gasteiger partial charge on any atom is -0.325 e. The minimum atomic E-state index is 0.412. The summed E-state index contributed by atoms with van der Waals surface area (Å²) in [4.78, 5) is 4.21. The quantitative estimate of drug-likeness (QED) is 0.781. The third kappa shape index (κ3) is 1.73. The lowest BCUT2D eigenvalue weighted by Crippen LogP contribution is -2.05. The van der Waals surface area contributed by atoms with Crippen molar-refractivity contribution < 1.29 is 0 Å². The van der Waals surface area contributed by atoms with Crippen LogP contribution >= 0.6 is 0 Å². The van der Waals surface area contributed by atoms with E-state index in [1.807, 2.05) is 30.5 Å². The Morgan fingerprint density at radius 2 is 2.07 bits per heavy atom. The molecule has 0 aliphatic rings. The van der Waals surface area contributed by atoms with E-state index >= 15 is 0 Å². The van der Waals surface area contributed by atoms with E-state index in [4.69, 9.17) is 5.73 Å². The molecule has 5 heteroatoms. The number of aromatic nitrogens is 4. The third-order valence-electron chi connectivity index (χ3n) is 2.41. The average Bonchev–Trinajstić information content (AvgIpc) is 2.60. The highest BCUT2D eigenvalue weighted by Gasteiger charge is 2.05. The first-order valence-electron chi connectivity index (χ1n) is 4.76. The molecule has 78 valence electrons. The molecule has 0 aromatic carbocycles. The highest BCUT2D eigenvalue weighted by Crippen LogP contribution is 2.10. The highest BCUT2D eigenvalue weighted by atomic mass is 15.2. The second-order valence-electron chi connectivity index (χ2n) is 3.37. The predicted molar refractivity (Wildman–Crippen MR) is 56.5 cm³/mol. The fourth-order valence-electron chi connectivity index (χ4n) is 1.32. The Labute approximate surface area is 88.0 Å². The Hall–Kier alpha value is -1.75. The first-order chi connectivity index (χ1) is 7.22. The van der Waals surface area contributed by atoms with Crippen LogP contribution in [0.3, 0.4) is 0 Å². The van der Waals surface area contributed by atoms with Gasteiger partial charge in [0.05, 0.1) is 11.4 Å². The molecule has 2 heterocycles. The molecule has 0 fully saturated rings. The Morgan fingerprint density at radius 3 is 2.53 bits per heavy atom. The van der Waals surface area contributed by atoms with E-state index in [1.165, 1.54) is 0 Å². The van der Waals surface area contributed by atoms with Crippen molar-refractivity contribution in [3.8, 4) is 5.82 Å². The van der Waals surface area contributed by atoms with Crippen LogP contribution in [0, 0.1) is 13.8 Å². The van der Waals surface area contributed by atoms with Gasteiger partial charge in [-0.15, -0.1) is 5.10 Å². The smallest absolute Gasteiger partial charge is 0.160 e. The maximum atomic E-state index is 5.45. The number of nitrogens with zero attached hydrogens (tertiary/aromatic N) is 4. The van der Waals surface area contributed by atoms with Crippen molar-refractivity contribution in [1.82, 2.24) is 19.7 Å². The van der Waals surface area contributed by atoms with Crippen molar-refractivity contribution in [2.75, 3.05) is 0 Å². The molecule has 0 saturated carbocycles. The molecular formula is C10H13N5. The zero-order valence-corrected chi connectivity index (χ0v) is 8.81. The molecule has 2 aromatic rings. The van der Waals surface area contributed by atoms with Crippen molar-refractivity contribution in [3.63, 3.8) is 0 Å². The standard InChI is InChI=1S/C10H13N5/c1-7-8(2)15(6-12-7)10-4-3-9(5-11)13-14-10/h3-4,6H,5,11H2,1-2H3.